The quantitative estimate of drug-likeness (QED) is 0.0363. The highest BCUT2D eigenvalue weighted by Crippen LogP contribution is 2.26. The smallest absolute Gasteiger partial charge is 0.406 e. The van der Waals surface area contributed by atoms with Crippen LogP contribution >= 0.6 is 0 Å². The summed E-state index contributed by atoms with van der Waals surface area (Å²) in [5, 5.41) is 4.94. The van der Waals surface area contributed by atoms with Crippen LogP contribution < -0.4 is 35.3 Å². The molecule has 0 bridgehead atoms. The molecule has 62 heavy (non-hydrogen) atoms. The minimum absolute atomic E-state index is 0.00237. The van der Waals surface area contributed by atoms with E-state index < -0.39 is 44.6 Å². The highest BCUT2D eigenvalue weighted by molar-refractivity contribution is 7.93. The van der Waals surface area contributed by atoms with E-state index in [1.165, 1.54) is 66.7 Å². The van der Waals surface area contributed by atoms with E-state index in [-0.39, 0.29) is 26.9 Å². The normalized spacial score (nSPS) is 11.1. The van der Waals surface area contributed by atoms with Gasteiger partial charge in [-0.1, -0.05) is 36.4 Å². The number of rotatable bonds is 11. The van der Waals surface area contributed by atoms with Crippen LogP contribution in [0.15, 0.2) is 173 Å². The van der Waals surface area contributed by atoms with Gasteiger partial charge in [-0.25, -0.2) is 26.4 Å². The molecule has 6 aromatic rings. The summed E-state index contributed by atoms with van der Waals surface area (Å²) < 4.78 is 133. The van der Waals surface area contributed by atoms with Crippen molar-refractivity contribution in [3.05, 3.63) is 158 Å². The molecule has 14 nitrogen and oxygen atoms in total. The second-order valence-electron chi connectivity index (χ2n) is 11.9. The Labute approximate surface area is 350 Å². The van der Waals surface area contributed by atoms with Crippen molar-refractivity contribution >= 4 is 66.3 Å². The van der Waals surface area contributed by atoms with Gasteiger partial charge in [0.15, 0.2) is 0 Å². The van der Waals surface area contributed by atoms with E-state index >= 15 is 0 Å². The summed E-state index contributed by atoms with van der Waals surface area (Å²) in [6.07, 6.45) is -8.25. The fourth-order valence-corrected chi connectivity index (χ4v) is 6.73. The molecule has 0 heterocycles. The Hall–Kier alpha value is -7.55. The van der Waals surface area contributed by atoms with E-state index in [0.717, 1.165) is 24.3 Å². The van der Waals surface area contributed by atoms with Crippen LogP contribution in [0, 0.1) is 0 Å². The summed E-state index contributed by atoms with van der Waals surface area (Å²) in [5.74, 6) is -0.776. The van der Waals surface area contributed by atoms with Crippen LogP contribution in [0.1, 0.15) is 0 Å². The number of sulfonamides is 2. The van der Waals surface area contributed by atoms with Gasteiger partial charge in [0, 0.05) is 28.4 Å². The van der Waals surface area contributed by atoms with Gasteiger partial charge < -0.3 is 25.8 Å². The molecule has 0 aliphatic rings. The predicted molar refractivity (Wildman–Crippen MR) is 218 cm³/mol. The molecule has 0 fully saturated rings. The highest BCUT2D eigenvalue weighted by atomic mass is 32.2. The predicted octanol–water partition coefficient (Wildman–Crippen LogP) is 9.65. The molecular weight excluding hydrogens is 871 g/mol. The number of aliphatic imine (C=N–C) groups is 1. The third-order valence-corrected chi connectivity index (χ3v) is 10.1. The van der Waals surface area contributed by atoms with Crippen molar-refractivity contribution in [2.24, 2.45) is 4.99 Å². The lowest BCUT2D eigenvalue weighted by atomic mass is 10.3. The minimum atomic E-state index is -4.80. The summed E-state index contributed by atoms with van der Waals surface area (Å²) in [6.45, 7) is 0. The van der Waals surface area contributed by atoms with Crippen molar-refractivity contribution < 1.29 is 62.2 Å². The second-order valence-corrected chi connectivity index (χ2v) is 15.3. The number of amides is 2. The molecule has 0 aliphatic carbocycles. The minimum Gasteiger partial charge on any atom is -0.406 e. The van der Waals surface area contributed by atoms with Crippen LogP contribution in [0.2, 0.25) is 0 Å². The lowest BCUT2D eigenvalue weighted by Crippen LogP contribution is -2.20. The van der Waals surface area contributed by atoms with Gasteiger partial charge in [-0.2, -0.15) is 4.99 Å². The number of nitrogens with zero attached hydrogens (tertiary/aromatic N) is 1. The third-order valence-electron chi connectivity index (χ3n) is 7.26. The second kappa shape index (κ2) is 21.1. The van der Waals surface area contributed by atoms with Gasteiger partial charge in [-0.05, 0) is 121 Å². The first-order valence-corrected chi connectivity index (χ1v) is 20.2. The maximum Gasteiger partial charge on any atom is 0.573 e. The van der Waals surface area contributed by atoms with Gasteiger partial charge in [0.05, 0.1) is 15.5 Å². The van der Waals surface area contributed by atoms with E-state index in [4.69, 9.17) is 5.73 Å². The number of nitrogens with two attached hydrogens (primary N) is 1. The van der Waals surface area contributed by atoms with E-state index in [1.807, 2.05) is 6.07 Å². The van der Waals surface area contributed by atoms with E-state index in [0.29, 0.717) is 22.7 Å². The largest absolute Gasteiger partial charge is 0.573 e. The number of anilines is 5. The number of halogens is 6. The first kappa shape index (κ1) is 47.1. The number of alkyl halides is 6. The zero-order chi connectivity index (χ0) is 45.4. The number of urea groups is 1. The zero-order valence-electron chi connectivity index (χ0n) is 31.4. The number of benzene rings is 6. The molecule has 0 saturated heterocycles. The monoisotopic (exact) mass is 902 g/mol. The van der Waals surface area contributed by atoms with Gasteiger partial charge in [-0.3, -0.25) is 9.44 Å². The molecule has 0 saturated carbocycles. The fraction of sp³-hybridized carbons (Fsp3) is 0.0500. The third kappa shape index (κ3) is 16.6. The fourth-order valence-electron chi connectivity index (χ4n) is 4.61. The van der Waals surface area contributed by atoms with Crippen LogP contribution in [-0.2, 0) is 24.8 Å². The average Bonchev–Trinajstić information content (AvgIpc) is 3.20. The van der Waals surface area contributed by atoms with Gasteiger partial charge in [-0.15, -0.1) is 26.3 Å². The molecule has 2 amide bonds. The molecule has 6 aromatic carbocycles. The van der Waals surface area contributed by atoms with Crippen molar-refractivity contribution in [3.63, 3.8) is 0 Å². The average molecular weight is 903 g/mol. The molecule has 324 valence electrons. The van der Waals surface area contributed by atoms with Crippen molar-refractivity contribution in [2.45, 2.75) is 22.5 Å². The molecule has 0 aromatic heterocycles. The number of carbonyl (C=O) groups excluding carboxylic acids is 2. The Kier molecular flexibility index (Phi) is 16.1. The number of hydrogen-bond donors (Lipinski definition) is 5. The van der Waals surface area contributed by atoms with Gasteiger partial charge in [0.2, 0.25) is 6.08 Å². The number of ether oxygens (including phenoxy) is 2. The topological polar surface area (TPSA) is 207 Å². The molecule has 0 spiro atoms. The van der Waals surface area contributed by atoms with E-state index in [2.05, 4.69) is 34.5 Å². The van der Waals surface area contributed by atoms with Crippen molar-refractivity contribution in [3.8, 4) is 11.5 Å². The van der Waals surface area contributed by atoms with E-state index in [9.17, 15) is 52.8 Å². The maximum absolute atomic E-state index is 12.4. The number of nitrogen functional groups attached to an aromatic ring is 1. The summed E-state index contributed by atoms with van der Waals surface area (Å²) >= 11 is 0. The molecule has 0 atom stereocenters. The summed E-state index contributed by atoms with van der Waals surface area (Å²) in [4.78, 5) is 25.2. The Morgan fingerprint density at radius 3 is 1.24 bits per heavy atom. The highest BCUT2D eigenvalue weighted by Gasteiger charge is 2.31. The molecule has 0 aliphatic heterocycles. The Bertz CT molecular complexity index is 2640. The summed E-state index contributed by atoms with van der Waals surface area (Å²) in [6, 6.07) is 37.1. The van der Waals surface area contributed by atoms with Gasteiger partial charge >= 0.3 is 18.8 Å². The van der Waals surface area contributed by atoms with Crippen LogP contribution in [0.25, 0.3) is 0 Å². The van der Waals surface area contributed by atoms with Crippen molar-refractivity contribution in [2.75, 3.05) is 25.8 Å². The SMILES string of the molecule is Nc1ccc(S(=O)(=O)Nc2ccccc2)cc1.O=C(Nc1ccc(OC(F)(F)F)cc1)Nc1ccc(S(=O)(=O)Nc2ccccc2)cc1.O=C=Nc1ccc(OC(F)(F)F)cc1. The molecule has 6 rings (SSSR count). The number of para-hydroxylation sites is 2. The molecule has 22 heteroatoms. The van der Waals surface area contributed by atoms with Crippen LogP contribution in [0.4, 0.5) is 65.3 Å². The molecular formula is C40H32F6N6O8S2. The molecule has 0 radical (unpaired) electrons. The van der Waals surface area contributed by atoms with Crippen molar-refractivity contribution in [1.29, 1.82) is 0 Å². The zero-order valence-corrected chi connectivity index (χ0v) is 33.0. The number of hydrogen-bond acceptors (Lipinski definition) is 10. The van der Waals surface area contributed by atoms with Crippen LogP contribution in [-0.4, -0.2) is 41.7 Å². The number of carbonyl (C=O) groups is 1. The molecule has 0 unspecified atom stereocenters. The van der Waals surface area contributed by atoms with Crippen LogP contribution in [0.5, 0.6) is 11.5 Å². The first-order chi connectivity index (χ1) is 29.2. The Balaban J connectivity index is 0.000000228. The number of isocyanates is 1. The standard InChI is InChI=1S/C20H16F3N3O4S.C12H12N2O2S.C8H4F3NO2/c21-20(22,23)30-17-10-6-14(7-11-17)24-19(27)25-15-8-12-18(13-9-15)31(28,29)26-16-4-2-1-3-5-16;13-10-6-8-12(9-7-10)17(15,16)14-11-4-2-1-3-5-11;9-8(10,11)14-7-3-1-6(2-4-7)12-5-13/h1-13,26H,(H2,24,25,27);1-9,14H,13H2;1-4H. The lowest BCUT2D eigenvalue weighted by Gasteiger charge is -2.11. The Morgan fingerprint density at radius 2 is 0.871 bits per heavy atom. The van der Waals surface area contributed by atoms with Gasteiger partial charge in [0.25, 0.3) is 20.0 Å². The number of nitrogens with one attached hydrogen (secondary N) is 4. The summed E-state index contributed by atoms with van der Waals surface area (Å²) in [7, 11) is -7.33. The van der Waals surface area contributed by atoms with E-state index in [1.54, 1.807) is 66.7 Å². The first-order valence-electron chi connectivity index (χ1n) is 17.2. The van der Waals surface area contributed by atoms with Crippen molar-refractivity contribution in [1.82, 2.24) is 0 Å². The Morgan fingerprint density at radius 1 is 0.516 bits per heavy atom. The maximum atomic E-state index is 12.4. The van der Waals surface area contributed by atoms with Gasteiger partial charge in [0.1, 0.15) is 11.5 Å². The summed E-state index contributed by atoms with van der Waals surface area (Å²) in [5.41, 5.74) is 7.75. The lowest BCUT2D eigenvalue weighted by molar-refractivity contribution is -0.275. The van der Waals surface area contributed by atoms with Crippen LogP contribution in [0.3, 0.4) is 0 Å². The molecule has 6 N–H and O–H groups in total.